The zero-order chi connectivity index (χ0) is 17.9. The van der Waals surface area contributed by atoms with E-state index in [4.69, 9.17) is 4.74 Å². The molecule has 0 aliphatic rings. The van der Waals surface area contributed by atoms with E-state index >= 15 is 0 Å². The van der Waals surface area contributed by atoms with E-state index in [1.807, 2.05) is 67.1 Å². The lowest BCUT2D eigenvalue weighted by molar-refractivity contribution is 0.340. The third-order valence-electron chi connectivity index (χ3n) is 4.08. The van der Waals surface area contributed by atoms with E-state index in [-0.39, 0.29) is 0 Å². The summed E-state index contributed by atoms with van der Waals surface area (Å²) in [5.74, 6) is 1.19. The molecule has 7 nitrogen and oxygen atoms in total. The van der Waals surface area contributed by atoms with Crippen molar-refractivity contribution in [3.05, 3.63) is 54.1 Å². The smallest absolute Gasteiger partial charge is 0.265 e. The molecule has 0 saturated heterocycles. The summed E-state index contributed by atoms with van der Waals surface area (Å²) in [7, 11) is 1.96. The van der Waals surface area contributed by atoms with Crippen LogP contribution in [-0.2, 0) is 7.05 Å². The first-order valence-corrected chi connectivity index (χ1v) is 8.36. The molecule has 2 aromatic carbocycles. The van der Waals surface area contributed by atoms with E-state index in [2.05, 4.69) is 25.7 Å². The van der Waals surface area contributed by atoms with E-state index in [0.717, 1.165) is 33.4 Å². The molecular weight excluding hydrogens is 328 g/mol. The van der Waals surface area contributed by atoms with Crippen molar-refractivity contribution >= 4 is 34.2 Å². The van der Waals surface area contributed by atoms with E-state index in [1.165, 1.54) is 0 Å². The zero-order valence-corrected chi connectivity index (χ0v) is 14.5. The number of fused-ring (bicyclic) bond motifs is 3. The van der Waals surface area contributed by atoms with Crippen LogP contribution in [0, 0.1) is 0 Å². The topological polar surface area (TPSA) is 77.2 Å². The average Bonchev–Trinajstić information content (AvgIpc) is 2.96. The third-order valence-corrected chi connectivity index (χ3v) is 4.08. The Kier molecular flexibility index (Phi) is 4.18. The van der Waals surface area contributed by atoms with Gasteiger partial charge in [0, 0.05) is 12.4 Å². The number of nitrogens with zero attached hydrogens (tertiary/aromatic N) is 5. The largest absolute Gasteiger partial charge is 0.494 e. The van der Waals surface area contributed by atoms with Gasteiger partial charge < -0.3 is 9.30 Å². The molecule has 2 aromatic heterocycles. The molecule has 130 valence electrons. The molecular formula is C19H18N6O. The Hall–Kier alpha value is -3.48. The van der Waals surface area contributed by atoms with Crippen molar-refractivity contribution in [2.75, 3.05) is 12.0 Å². The third kappa shape index (κ3) is 2.95. The summed E-state index contributed by atoms with van der Waals surface area (Å²) in [4.78, 5) is 4.53. The molecule has 0 radical (unpaired) electrons. The Bertz CT molecular complexity index is 1080. The van der Waals surface area contributed by atoms with Crippen LogP contribution in [0.2, 0.25) is 0 Å². The summed E-state index contributed by atoms with van der Waals surface area (Å²) >= 11 is 0. The summed E-state index contributed by atoms with van der Waals surface area (Å²) in [5, 5.41) is 13.6. The van der Waals surface area contributed by atoms with Gasteiger partial charge in [0.1, 0.15) is 11.3 Å². The number of para-hydroxylation sites is 1. The summed E-state index contributed by atoms with van der Waals surface area (Å²) < 4.78 is 7.42. The van der Waals surface area contributed by atoms with Crippen molar-refractivity contribution in [1.29, 1.82) is 0 Å². The molecule has 4 aromatic rings. The van der Waals surface area contributed by atoms with E-state index < -0.39 is 0 Å². The van der Waals surface area contributed by atoms with Gasteiger partial charge in [-0.05, 0) is 42.8 Å². The Morgan fingerprint density at radius 1 is 1.12 bits per heavy atom. The van der Waals surface area contributed by atoms with Crippen LogP contribution in [0.1, 0.15) is 12.5 Å². The molecule has 26 heavy (non-hydrogen) atoms. The number of hydrogen-bond acceptors (Lipinski definition) is 6. The van der Waals surface area contributed by atoms with E-state index in [9.17, 15) is 0 Å². The number of hydrazone groups is 1. The maximum absolute atomic E-state index is 5.42. The van der Waals surface area contributed by atoms with Crippen LogP contribution >= 0.6 is 0 Å². The van der Waals surface area contributed by atoms with Crippen molar-refractivity contribution in [3.63, 3.8) is 0 Å². The van der Waals surface area contributed by atoms with E-state index in [0.29, 0.717) is 12.6 Å². The molecule has 4 rings (SSSR count). The van der Waals surface area contributed by atoms with Gasteiger partial charge in [0.25, 0.3) is 5.95 Å². The predicted octanol–water partition coefficient (Wildman–Crippen LogP) is 3.36. The van der Waals surface area contributed by atoms with Gasteiger partial charge in [-0.15, -0.1) is 10.2 Å². The highest BCUT2D eigenvalue weighted by molar-refractivity contribution is 6.04. The van der Waals surface area contributed by atoms with Gasteiger partial charge in [0.2, 0.25) is 0 Å². The van der Waals surface area contributed by atoms with E-state index in [1.54, 1.807) is 6.21 Å². The quantitative estimate of drug-likeness (QED) is 0.443. The van der Waals surface area contributed by atoms with Gasteiger partial charge in [-0.2, -0.15) is 10.1 Å². The van der Waals surface area contributed by atoms with Crippen molar-refractivity contribution in [1.82, 2.24) is 19.7 Å². The fourth-order valence-corrected chi connectivity index (χ4v) is 2.84. The van der Waals surface area contributed by atoms with Gasteiger partial charge in [0.05, 0.1) is 18.3 Å². The minimum absolute atomic E-state index is 0.352. The first-order valence-electron chi connectivity index (χ1n) is 8.36. The lowest BCUT2D eigenvalue weighted by Crippen LogP contribution is -2.00. The number of nitrogens with one attached hydrogen (secondary N) is 1. The number of hydrogen-bond donors (Lipinski definition) is 1. The minimum Gasteiger partial charge on any atom is -0.494 e. The van der Waals surface area contributed by atoms with Crippen LogP contribution in [0.3, 0.4) is 0 Å². The lowest BCUT2D eigenvalue weighted by atomic mass is 10.2. The Morgan fingerprint density at radius 2 is 1.92 bits per heavy atom. The van der Waals surface area contributed by atoms with Crippen LogP contribution in [0.15, 0.2) is 53.6 Å². The summed E-state index contributed by atoms with van der Waals surface area (Å²) in [5.41, 5.74) is 6.40. The molecule has 0 fully saturated rings. The average molecular weight is 346 g/mol. The molecule has 0 aliphatic heterocycles. The second kappa shape index (κ2) is 6.79. The second-order valence-corrected chi connectivity index (χ2v) is 5.76. The van der Waals surface area contributed by atoms with Crippen LogP contribution in [0.25, 0.3) is 22.1 Å². The van der Waals surface area contributed by atoms with Crippen LogP contribution in [0.4, 0.5) is 5.95 Å². The molecule has 0 atom stereocenters. The molecule has 1 N–H and O–H groups in total. The number of ether oxygens (including phenoxy) is 1. The second-order valence-electron chi connectivity index (χ2n) is 5.76. The van der Waals surface area contributed by atoms with Gasteiger partial charge >= 0.3 is 0 Å². The minimum atomic E-state index is 0.352. The number of aromatic nitrogens is 4. The van der Waals surface area contributed by atoms with Gasteiger partial charge in [-0.25, -0.2) is 5.43 Å². The molecule has 0 saturated carbocycles. The first-order chi connectivity index (χ1) is 12.8. The maximum atomic E-state index is 5.42. The Morgan fingerprint density at radius 3 is 2.73 bits per heavy atom. The monoisotopic (exact) mass is 346 g/mol. The molecule has 0 spiro atoms. The first kappa shape index (κ1) is 16.0. The summed E-state index contributed by atoms with van der Waals surface area (Å²) in [6.07, 6.45) is 1.70. The molecule has 0 amide bonds. The van der Waals surface area contributed by atoms with Crippen LogP contribution in [0.5, 0.6) is 5.75 Å². The standard InChI is InChI=1S/C19H18N6O/c1-3-26-14-10-8-13(9-11-14)12-20-23-19-21-18-17(22-24-19)15-6-4-5-7-16(15)25(18)2/h4-12H,3H2,1-2H3,(H,21,23,24). The van der Waals surface area contributed by atoms with Gasteiger partial charge in [-0.3, -0.25) is 0 Å². The molecule has 0 aliphatic carbocycles. The SMILES string of the molecule is CCOc1ccc(C=NNc2nnc3c4ccccc4n(C)c3n2)cc1. The molecule has 0 bridgehead atoms. The van der Waals surface area contributed by atoms with Crippen molar-refractivity contribution in [2.45, 2.75) is 6.92 Å². The van der Waals surface area contributed by atoms with Crippen molar-refractivity contribution in [2.24, 2.45) is 12.1 Å². The predicted molar refractivity (Wildman–Crippen MR) is 103 cm³/mol. The molecule has 0 unspecified atom stereocenters. The van der Waals surface area contributed by atoms with Gasteiger partial charge in [0.15, 0.2) is 5.65 Å². The normalized spacial score (nSPS) is 11.5. The van der Waals surface area contributed by atoms with Crippen molar-refractivity contribution in [3.8, 4) is 5.75 Å². The fraction of sp³-hybridized carbons (Fsp3) is 0.158. The molecule has 7 heteroatoms. The Balaban J connectivity index is 1.55. The summed E-state index contributed by atoms with van der Waals surface area (Å²) in [6.45, 7) is 2.61. The van der Waals surface area contributed by atoms with Crippen LogP contribution < -0.4 is 10.2 Å². The van der Waals surface area contributed by atoms with Gasteiger partial charge in [-0.1, -0.05) is 18.2 Å². The Labute approximate surface area is 150 Å². The lowest BCUT2D eigenvalue weighted by Gasteiger charge is -2.02. The fourth-order valence-electron chi connectivity index (χ4n) is 2.84. The highest BCUT2D eigenvalue weighted by atomic mass is 16.5. The highest BCUT2D eigenvalue weighted by Gasteiger charge is 2.11. The zero-order valence-electron chi connectivity index (χ0n) is 14.5. The number of benzene rings is 2. The number of anilines is 1. The summed E-state index contributed by atoms with van der Waals surface area (Å²) in [6, 6.07) is 15.7. The molecule has 2 heterocycles. The maximum Gasteiger partial charge on any atom is 0.265 e. The number of aryl methyl sites for hydroxylation is 1. The van der Waals surface area contributed by atoms with Crippen molar-refractivity contribution < 1.29 is 4.74 Å². The van der Waals surface area contributed by atoms with Crippen LogP contribution in [-0.4, -0.2) is 32.6 Å². The number of rotatable bonds is 5. The highest BCUT2D eigenvalue weighted by Crippen LogP contribution is 2.24.